The summed E-state index contributed by atoms with van der Waals surface area (Å²) in [6, 6.07) is 59.5. The van der Waals surface area contributed by atoms with E-state index in [4.69, 9.17) is 14.1 Å². The lowest BCUT2D eigenvalue weighted by Gasteiger charge is -2.19. The number of benzene rings is 4. The molecule has 0 unspecified atom stereocenters. The second kappa shape index (κ2) is 23.6. The van der Waals surface area contributed by atoms with E-state index in [-0.39, 0.29) is 0 Å². The van der Waals surface area contributed by atoms with Gasteiger partial charge in [-0.05, 0) is 169 Å². The van der Waals surface area contributed by atoms with Crippen molar-refractivity contribution >= 4 is 43.6 Å². The van der Waals surface area contributed by atoms with E-state index in [0.717, 1.165) is 122 Å². The molecule has 0 radical (unpaired) electrons. The molecule has 84 heavy (non-hydrogen) atoms. The Morgan fingerprint density at radius 1 is 0.333 bits per heavy atom. The number of rotatable bonds is 18. The summed E-state index contributed by atoms with van der Waals surface area (Å²) >= 11 is 0. The number of nitrogens with one attached hydrogen (secondary N) is 2. The normalized spacial score (nSPS) is 12.0. The zero-order valence-corrected chi connectivity index (χ0v) is 49.4. The molecule has 0 atom stereocenters. The van der Waals surface area contributed by atoms with Gasteiger partial charge in [-0.1, -0.05) is 84.9 Å². The van der Waals surface area contributed by atoms with Crippen LogP contribution in [0.25, 0.3) is 88.6 Å². The molecule has 418 valence electrons. The van der Waals surface area contributed by atoms with Crippen molar-refractivity contribution in [1.29, 1.82) is 0 Å². The molecule has 8 heteroatoms. The Bertz CT molecular complexity index is 3990. The largest absolute Gasteiger partial charge is 0.356 e. The molecule has 0 aliphatic carbocycles. The van der Waals surface area contributed by atoms with Crippen LogP contribution in [-0.2, 0) is 53.9 Å². The molecule has 0 saturated carbocycles. The molecule has 8 nitrogen and oxygen atoms in total. The lowest BCUT2D eigenvalue weighted by Crippen LogP contribution is -2.26. The van der Waals surface area contributed by atoms with Gasteiger partial charge in [-0.25, -0.2) is 18.3 Å². The van der Waals surface area contributed by atoms with Crippen molar-refractivity contribution in [3.63, 3.8) is 0 Å². The lowest BCUT2D eigenvalue weighted by molar-refractivity contribution is -0.671. The summed E-state index contributed by atoms with van der Waals surface area (Å²) in [7, 11) is 18.2. The van der Waals surface area contributed by atoms with Crippen molar-refractivity contribution in [1.82, 2.24) is 9.97 Å². The maximum atomic E-state index is 4.92. The summed E-state index contributed by atoms with van der Waals surface area (Å²) in [5.41, 5.74) is 21.6. The smallest absolute Gasteiger partial charge is 0.168 e. The quantitative estimate of drug-likeness (QED) is 0.0636. The van der Waals surface area contributed by atoms with Crippen LogP contribution < -0.4 is 27.4 Å². The molecule has 11 aromatic rings. The predicted molar refractivity (Wildman–Crippen MR) is 339 cm³/mol. The fourth-order valence-corrected chi connectivity index (χ4v) is 13.7. The minimum absolute atomic E-state index is 0.337. The van der Waals surface area contributed by atoms with Crippen LogP contribution in [0.5, 0.6) is 0 Å². The molecular formula is C76H78N8+4. The Balaban J connectivity index is 1.01. The van der Waals surface area contributed by atoms with Crippen molar-refractivity contribution in [2.45, 2.75) is 88.9 Å². The van der Waals surface area contributed by atoms with E-state index < -0.39 is 0 Å². The summed E-state index contributed by atoms with van der Waals surface area (Å²) in [6.07, 6.45) is 30.3. The number of hydrogen-bond acceptors (Lipinski definition) is 0. The first-order valence-electron chi connectivity index (χ1n) is 30.4. The highest BCUT2D eigenvalue weighted by Crippen LogP contribution is 2.43. The van der Waals surface area contributed by atoms with Crippen LogP contribution in [-0.4, -0.2) is 9.97 Å². The predicted octanol–water partition coefficient (Wildman–Crippen LogP) is 13.9. The Labute approximate surface area is 495 Å². The molecule has 0 saturated heterocycles. The topological polar surface area (TPSA) is 54.9 Å². The zero-order chi connectivity index (χ0) is 57.3. The molecule has 2 N–H and O–H groups in total. The van der Waals surface area contributed by atoms with Gasteiger partial charge in [-0.2, -0.15) is 0 Å². The van der Waals surface area contributed by atoms with Crippen LogP contribution in [0.2, 0.25) is 0 Å². The van der Waals surface area contributed by atoms with Crippen LogP contribution in [0.1, 0.15) is 96.6 Å². The molecule has 0 amide bonds. The van der Waals surface area contributed by atoms with Crippen molar-refractivity contribution in [2.24, 2.45) is 28.2 Å². The maximum Gasteiger partial charge on any atom is 0.168 e. The fraction of sp³-hybridized carbons (Fsp3) is 0.237. The van der Waals surface area contributed by atoms with Gasteiger partial charge in [-0.3, -0.25) is 0 Å². The second-order valence-electron chi connectivity index (χ2n) is 24.0. The Kier molecular flexibility index (Phi) is 15.2. The van der Waals surface area contributed by atoms with E-state index in [2.05, 4.69) is 273 Å². The number of aromatic amines is 2. The third-order valence-corrected chi connectivity index (χ3v) is 18.2. The number of aromatic nitrogens is 8. The fourth-order valence-electron chi connectivity index (χ4n) is 13.7. The van der Waals surface area contributed by atoms with Crippen LogP contribution in [0.4, 0.5) is 0 Å². The van der Waals surface area contributed by atoms with Crippen LogP contribution in [0.3, 0.4) is 0 Å². The molecule has 13 rings (SSSR count). The Morgan fingerprint density at radius 2 is 0.607 bits per heavy atom. The van der Waals surface area contributed by atoms with Crippen molar-refractivity contribution < 1.29 is 27.4 Å². The zero-order valence-electron chi connectivity index (χ0n) is 49.4. The highest BCUT2D eigenvalue weighted by atomic mass is 15.0. The SMILES string of the molecule is [CH2-][n+]1c2cc3[nH]c(cc4[n+]([CH2-])c(cc5[nH]c(cc1-c1ccccc1-2)c1c(C(CCCc2cc[n+](C)cc2)CCCc2cc[n+](C)cc2)cccc51)-c1ccccc1-4)c1c(C(CCCc2cc[n+](C)cc2)CCCc2cc[n+](C)cc2)cccc31. The van der Waals surface area contributed by atoms with Gasteiger partial charge >= 0.3 is 0 Å². The van der Waals surface area contributed by atoms with E-state index in [1.807, 2.05) is 0 Å². The maximum absolute atomic E-state index is 4.92. The molecule has 7 aromatic heterocycles. The van der Waals surface area contributed by atoms with Crippen molar-refractivity contribution in [3.8, 4) is 45.0 Å². The third-order valence-electron chi connectivity index (χ3n) is 18.2. The molecule has 4 aromatic carbocycles. The van der Waals surface area contributed by atoms with Gasteiger partial charge in [0, 0.05) is 106 Å². The Hall–Kier alpha value is -9.14. The lowest BCUT2D eigenvalue weighted by atomic mass is 9.85. The average molecular weight is 1100 g/mol. The van der Waals surface area contributed by atoms with Crippen LogP contribution in [0, 0.1) is 14.1 Å². The molecule has 8 bridgehead atoms. The first kappa shape index (κ1) is 54.1. The van der Waals surface area contributed by atoms with E-state index >= 15 is 0 Å². The van der Waals surface area contributed by atoms with E-state index in [1.165, 1.54) is 77.2 Å². The average Bonchev–Trinajstić information content (AvgIpc) is 2.27. The number of fused-ring (bicyclic) bond motifs is 20. The van der Waals surface area contributed by atoms with Gasteiger partial charge in [0.1, 0.15) is 51.0 Å². The second-order valence-corrected chi connectivity index (χ2v) is 24.0. The van der Waals surface area contributed by atoms with Crippen LogP contribution >= 0.6 is 0 Å². The monoisotopic (exact) mass is 1100 g/mol. The van der Waals surface area contributed by atoms with Crippen LogP contribution in [0.15, 0.2) is 207 Å². The molecular weight excluding hydrogens is 1020 g/mol. The van der Waals surface area contributed by atoms with Gasteiger partial charge in [0.25, 0.3) is 0 Å². The molecule has 0 spiro atoms. The number of pyridine rings is 4. The summed E-state index contributed by atoms with van der Waals surface area (Å²) in [5.74, 6) is 0.673. The molecule has 0 fully saturated rings. The van der Waals surface area contributed by atoms with E-state index in [1.54, 1.807) is 0 Å². The highest BCUT2D eigenvalue weighted by Gasteiger charge is 2.26. The Morgan fingerprint density at radius 3 is 0.893 bits per heavy atom. The van der Waals surface area contributed by atoms with Gasteiger partial charge in [0.05, 0.1) is 0 Å². The van der Waals surface area contributed by atoms with Gasteiger partial charge in [0.15, 0.2) is 49.6 Å². The number of aryl methyl sites for hydroxylation is 8. The highest BCUT2D eigenvalue weighted by molar-refractivity contribution is 6.11. The minimum Gasteiger partial charge on any atom is -0.356 e. The van der Waals surface area contributed by atoms with Gasteiger partial charge in [0.2, 0.25) is 0 Å². The van der Waals surface area contributed by atoms with Gasteiger partial charge < -0.3 is 19.1 Å². The number of H-pyrrole nitrogens is 2. The van der Waals surface area contributed by atoms with Crippen molar-refractivity contribution in [2.75, 3.05) is 0 Å². The van der Waals surface area contributed by atoms with Crippen molar-refractivity contribution in [3.05, 3.63) is 255 Å². The molecule has 9 heterocycles. The summed E-state index contributed by atoms with van der Waals surface area (Å²) < 4.78 is 12.8. The first-order valence-corrected chi connectivity index (χ1v) is 30.4. The molecule has 2 aliphatic rings. The third kappa shape index (κ3) is 11.0. The summed E-state index contributed by atoms with van der Waals surface area (Å²) in [4.78, 5) is 8.21. The standard InChI is InChI=1S/C76H78N8/c1-79-41-33-53(34-42-79)17-11-21-57(22-12-18-54-35-43-80(2)44-36-54)59-29-15-31-65-67-49-71-62-26-8-10-28-64(62)74(84(71)6)52-70-76-60(58(23-13-19-55-37-45-81(3)46-38-55)24-14-20-56-39-47-82(4)48-40-56)30-16-32-66(76)68(78-70)50-72-61-25-7-9-27-63(61)73(83(72)5)51-69(77-67)75(59)65/h7-10,15-16,25-52,57-58,77-78H,5-6,11-14,17-24H2,1-4H3/q+4. The first-order chi connectivity index (χ1) is 41.1. The minimum atomic E-state index is 0.337. The van der Waals surface area contributed by atoms with E-state index in [9.17, 15) is 0 Å². The van der Waals surface area contributed by atoms with E-state index in [0.29, 0.717) is 11.8 Å². The summed E-state index contributed by atoms with van der Waals surface area (Å²) in [5, 5.41) is 4.99. The summed E-state index contributed by atoms with van der Waals surface area (Å²) in [6.45, 7) is 0. The van der Waals surface area contributed by atoms with Gasteiger partial charge in [-0.15, -0.1) is 0 Å². The molecule has 2 aliphatic heterocycles. The number of nitrogens with zero attached hydrogens (tertiary/aromatic N) is 6. The number of hydrogen-bond donors (Lipinski definition) is 2.